The molecular formula is C13H12BrN3O. The van der Waals surface area contributed by atoms with E-state index in [2.05, 4.69) is 31.2 Å². The van der Waals surface area contributed by atoms with E-state index in [4.69, 9.17) is 0 Å². The average molecular weight is 306 g/mol. The molecule has 5 heteroatoms. The number of hydrogen-bond acceptors (Lipinski definition) is 3. The number of benzene rings is 1. The van der Waals surface area contributed by atoms with Crippen LogP contribution in [0.1, 0.15) is 12.0 Å². The maximum atomic E-state index is 11.7. The lowest BCUT2D eigenvalue weighted by Gasteiger charge is -2.05. The number of aryl methyl sites for hydroxylation is 1. The van der Waals surface area contributed by atoms with Gasteiger partial charge < -0.3 is 5.32 Å². The second-order valence-corrected chi connectivity index (χ2v) is 4.72. The molecule has 1 aromatic carbocycles. The number of carbonyl (C=O) groups is 1. The molecule has 0 saturated carbocycles. The fourth-order valence-corrected chi connectivity index (χ4v) is 1.91. The van der Waals surface area contributed by atoms with Gasteiger partial charge in [0.05, 0.1) is 0 Å². The minimum atomic E-state index is -0.0167. The summed E-state index contributed by atoms with van der Waals surface area (Å²) in [6.45, 7) is 0. The van der Waals surface area contributed by atoms with Crippen molar-refractivity contribution in [2.45, 2.75) is 12.8 Å². The number of aromatic nitrogens is 2. The zero-order chi connectivity index (χ0) is 12.8. The van der Waals surface area contributed by atoms with Crippen LogP contribution in [0.5, 0.6) is 0 Å². The average Bonchev–Trinajstić information content (AvgIpc) is 2.38. The number of amides is 1. The summed E-state index contributed by atoms with van der Waals surface area (Å²) in [4.78, 5) is 19.5. The van der Waals surface area contributed by atoms with Crippen LogP contribution in [0.3, 0.4) is 0 Å². The van der Waals surface area contributed by atoms with E-state index in [9.17, 15) is 4.79 Å². The minimum Gasteiger partial charge on any atom is -0.326 e. The molecule has 0 unspecified atom stereocenters. The molecule has 1 aromatic heterocycles. The van der Waals surface area contributed by atoms with Crippen molar-refractivity contribution in [1.82, 2.24) is 9.97 Å². The lowest BCUT2D eigenvalue weighted by molar-refractivity contribution is -0.116. The van der Waals surface area contributed by atoms with Crippen LogP contribution < -0.4 is 5.32 Å². The molecule has 4 nitrogen and oxygen atoms in total. The van der Waals surface area contributed by atoms with E-state index in [1.807, 2.05) is 24.3 Å². The zero-order valence-electron chi connectivity index (χ0n) is 9.64. The summed E-state index contributed by atoms with van der Waals surface area (Å²) in [7, 11) is 0. The highest BCUT2D eigenvalue weighted by atomic mass is 79.9. The van der Waals surface area contributed by atoms with Gasteiger partial charge in [-0.2, -0.15) is 0 Å². The van der Waals surface area contributed by atoms with E-state index in [-0.39, 0.29) is 5.91 Å². The van der Waals surface area contributed by atoms with Gasteiger partial charge in [0.25, 0.3) is 0 Å². The summed E-state index contributed by atoms with van der Waals surface area (Å²) in [5.74, 6) is -0.0167. The second-order valence-electron chi connectivity index (χ2n) is 3.81. The molecule has 0 aliphatic rings. The van der Waals surface area contributed by atoms with Gasteiger partial charge in [-0.1, -0.05) is 22.0 Å². The van der Waals surface area contributed by atoms with Crippen LogP contribution in [0, 0.1) is 0 Å². The van der Waals surface area contributed by atoms with Crippen molar-refractivity contribution in [2.75, 3.05) is 5.32 Å². The number of anilines is 1. The first-order valence-corrected chi connectivity index (χ1v) is 6.32. The summed E-state index contributed by atoms with van der Waals surface area (Å²) in [6, 6.07) is 7.51. The number of rotatable bonds is 4. The molecule has 0 aliphatic carbocycles. The van der Waals surface area contributed by atoms with Crippen LogP contribution in [-0.2, 0) is 11.2 Å². The van der Waals surface area contributed by atoms with Crippen LogP contribution >= 0.6 is 15.9 Å². The Hall–Kier alpha value is -1.75. The SMILES string of the molecule is O=C(CCc1cncnc1)Nc1cccc(Br)c1. The van der Waals surface area contributed by atoms with Gasteiger partial charge in [0.2, 0.25) is 5.91 Å². The van der Waals surface area contributed by atoms with Crippen molar-refractivity contribution in [3.05, 3.63) is 53.0 Å². The third-order valence-electron chi connectivity index (χ3n) is 2.36. The molecule has 1 N–H and O–H groups in total. The molecule has 0 atom stereocenters. The lowest BCUT2D eigenvalue weighted by Crippen LogP contribution is -2.12. The Morgan fingerprint density at radius 3 is 2.78 bits per heavy atom. The van der Waals surface area contributed by atoms with E-state index in [0.717, 1.165) is 15.7 Å². The molecule has 1 heterocycles. The van der Waals surface area contributed by atoms with E-state index in [0.29, 0.717) is 12.8 Å². The maximum Gasteiger partial charge on any atom is 0.224 e. The van der Waals surface area contributed by atoms with Gasteiger partial charge in [0.15, 0.2) is 0 Å². The molecule has 0 aliphatic heterocycles. The summed E-state index contributed by atoms with van der Waals surface area (Å²) in [5, 5.41) is 2.84. The first-order chi connectivity index (χ1) is 8.74. The Balaban J connectivity index is 1.86. The number of halogens is 1. The molecule has 1 amide bonds. The number of carbonyl (C=O) groups excluding carboxylic acids is 1. The summed E-state index contributed by atoms with van der Waals surface area (Å²) in [6.07, 6.45) is 5.98. The van der Waals surface area contributed by atoms with Crippen LogP contribution in [0.25, 0.3) is 0 Å². The van der Waals surface area contributed by atoms with Crippen molar-refractivity contribution >= 4 is 27.5 Å². The first-order valence-electron chi connectivity index (χ1n) is 5.53. The van der Waals surface area contributed by atoms with E-state index >= 15 is 0 Å². The zero-order valence-corrected chi connectivity index (χ0v) is 11.2. The highest BCUT2D eigenvalue weighted by molar-refractivity contribution is 9.10. The Kier molecular flexibility index (Phi) is 4.41. The van der Waals surface area contributed by atoms with Gasteiger partial charge in [-0.05, 0) is 30.2 Å². The first kappa shape index (κ1) is 12.7. The topological polar surface area (TPSA) is 54.9 Å². The van der Waals surface area contributed by atoms with Gasteiger partial charge in [0, 0.05) is 29.0 Å². The van der Waals surface area contributed by atoms with Gasteiger partial charge in [-0.3, -0.25) is 4.79 Å². The van der Waals surface area contributed by atoms with Gasteiger partial charge in [-0.15, -0.1) is 0 Å². The van der Waals surface area contributed by atoms with Crippen LogP contribution in [0.4, 0.5) is 5.69 Å². The molecule has 0 fully saturated rings. The maximum absolute atomic E-state index is 11.7. The molecule has 2 rings (SSSR count). The van der Waals surface area contributed by atoms with Crippen molar-refractivity contribution in [2.24, 2.45) is 0 Å². The van der Waals surface area contributed by atoms with Crippen molar-refractivity contribution < 1.29 is 4.79 Å². The summed E-state index contributed by atoms with van der Waals surface area (Å²) >= 11 is 3.36. The highest BCUT2D eigenvalue weighted by Crippen LogP contribution is 2.15. The third kappa shape index (κ3) is 3.92. The molecule has 0 radical (unpaired) electrons. The monoisotopic (exact) mass is 305 g/mol. The smallest absolute Gasteiger partial charge is 0.224 e. The standard InChI is InChI=1S/C13H12BrN3O/c14-11-2-1-3-12(6-11)17-13(18)5-4-10-7-15-9-16-8-10/h1-3,6-9H,4-5H2,(H,17,18). The van der Waals surface area contributed by atoms with E-state index < -0.39 is 0 Å². The molecule has 0 spiro atoms. The summed E-state index contributed by atoms with van der Waals surface area (Å²) < 4.78 is 0.941. The van der Waals surface area contributed by atoms with Gasteiger partial charge in [0.1, 0.15) is 6.33 Å². The Labute approximate surface area is 114 Å². The molecule has 18 heavy (non-hydrogen) atoms. The van der Waals surface area contributed by atoms with Crippen LogP contribution in [-0.4, -0.2) is 15.9 Å². The van der Waals surface area contributed by atoms with Gasteiger partial charge in [-0.25, -0.2) is 9.97 Å². The normalized spacial score (nSPS) is 10.1. The molecule has 92 valence electrons. The van der Waals surface area contributed by atoms with E-state index in [1.54, 1.807) is 12.4 Å². The Bertz CT molecular complexity index is 531. The highest BCUT2D eigenvalue weighted by Gasteiger charge is 2.03. The van der Waals surface area contributed by atoms with Crippen LogP contribution in [0.15, 0.2) is 47.5 Å². The van der Waals surface area contributed by atoms with Crippen molar-refractivity contribution in [1.29, 1.82) is 0 Å². The van der Waals surface area contributed by atoms with Crippen molar-refractivity contribution in [3.63, 3.8) is 0 Å². The minimum absolute atomic E-state index is 0.0167. The predicted octanol–water partition coefficient (Wildman–Crippen LogP) is 2.81. The molecular weight excluding hydrogens is 294 g/mol. The second kappa shape index (κ2) is 6.26. The quantitative estimate of drug-likeness (QED) is 0.945. The van der Waals surface area contributed by atoms with Gasteiger partial charge >= 0.3 is 0 Å². The van der Waals surface area contributed by atoms with Crippen molar-refractivity contribution in [3.8, 4) is 0 Å². The number of hydrogen-bond donors (Lipinski definition) is 1. The van der Waals surface area contributed by atoms with E-state index in [1.165, 1.54) is 6.33 Å². The predicted molar refractivity (Wildman–Crippen MR) is 73.1 cm³/mol. The fourth-order valence-electron chi connectivity index (χ4n) is 1.51. The Morgan fingerprint density at radius 1 is 1.28 bits per heavy atom. The largest absolute Gasteiger partial charge is 0.326 e. The molecule has 0 saturated heterocycles. The molecule has 2 aromatic rings. The Morgan fingerprint density at radius 2 is 2.06 bits per heavy atom. The third-order valence-corrected chi connectivity index (χ3v) is 2.86. The number of nitrogens with zero attached hydrogens (tertiary/aromatic N) is 2. The fraction of sp³-hybridized carbons (Fsp3) is 0.154. The van der Waals surface area contributed by atoms with Crippen LogP contribution in [0.2, 0.25) is 0 Å². The molecule has 0 bridgehead atoms. The lowest BCUT2D eigenvalue weighted by atomic mass is 10.2. The number of nitrogens with one attached hydrogen (secondary N) is 1. The summed E-state index contributed by atoms with van der Waals surface area (Å²) in [5.41, 5.74) is 1.75.